The fourth-order valence-electron chi connectivity index (χ4n) is 4.69. The summed E-state index contributed by atoms with van der Waals surface area (Å²) in [6, 6.07) is 4.99. The zero-order chi connectivity index (χ0) is 40.9. The average molecular weight is 777 g/mol. The van der Waals surface area contributed by atoms with Crippen molar-refractivity contribution in [1.29, 1.82) is 0 Å². The van der Waals surface area contributed by atoms with E-state index in [0.29, 0.717) is 0 Å². The Hall–Kier alpha value is -6.24. The summed E-state index contributed by atoms with van der Waals surface area (Å²) in [4.78, 5) is 69.3. The quantitative estimate of drug-likeness (QED) is 0.0297. The van der Waals surface area contributed by atoms with E-state index in [-0.39, 0.29) is 111 Å². The number of nitrogens with zero attached hydrogens (tertiary/aromatic N) is 2. The van der Waals surface area contributed by atoms with Crippen LogP contribution < -0.4 is 18.9 Å². The van der Waals surface area contributed by atoms with E-state index < -0.39 is 45.9 Å². The summed E-state index contributed by atoms with van der Waals surface area (Å²) < 4.78 is 47.5. The highest BCUT2D eigenvalue weighted by Crippen LogP contribution is 2.40. The Morgan fingerprint density at radius 1 is 0.636 bits per heavy atom. The van der Waals surface area contributed by atoms with Crippen molar-refractivity contribution in [3.63, 3.8) is 0 Å². The molecule has 0 saturated heterocycles. The average Bonchev–Trinajstić information content (AvgIpc) is 3.16. The van der Waals surface area contributed by atoms with Gasteiger partial charge in [0, 0.05) is 25.0 Å². The highest BCUT2D eigenvalue weighted by molar-refractivity contribution is 5.82. The van der Waals surface area contributed by atoms with Gasteiger partial charge in [0.15, 0.2) is 23.0 Å². The molecular weight excluding hydrogens is 732 g/mol. The summed E-state index contributed by atoms with van der Waals surface area (Å²) in [5, 5.41) is 23.3. The molecule has 300 valence electrons. The lowest BCUT2D eigenvalue weighted by Crippen LogP contribution is -2.15. The summed E-state index contributed by atoms with van der Waals surface area (Å²) in [5.74, 6) is -2.10. The van der Waals surface area contributed by atoms with E-state index in [9.17, 15) is 39.4 Å². The van der Waals surface area contributed by atoms with Gasteiger partial charge in [0.05, 0.1) is 73.8 Å². The number of esters is 4. The molecule has 0 aliphatic carbocycles. The van der Waals surface area contributed by atoms with Crippen LogP contribution in [0.3, 0.4) is 0 Å². The van der Waals surface area contributed by atoms with Gasteiger partial charge < -0.3 is 42.6 Å². The van der Waals surface area contributed by atoms with E-state index in [1.165, 1.54) is 40.2 Å². The smallest absolute Gasteiger partial charge is 0.330 e. The van der Waals surface area contributed by atoms with Crippen LogP contribution in [0.5, 0.6) is 23.0 Å². The predicted molar refractivity (Wildman–Crippen MR) is 191 cm³/mol. The van der Waals surface area contributed by atoms with Crippen molar-refractivity contribution < 1.29 is 71.7 Å². The van der Waals surface area contributed by atoms with Crippen molar-refractivity contribution in [2.75, 3.05) is 53.9 Å². The number of hydrogen-bond acceptors (Lipinski definition) is 17. The molecule has 0 fully saturated rings. The molecule has 0 bridgehead atoms. The molecule has 0 aliphatic heterocycles. The molecule has 0 N–H and O–H groups in total. The van der Waals surface area contributed by atoms with Crippen molar-refractivity contribution in [1.82, 2.24) is 0 Å². The third kappa shape index (κ3) is 15.0. The van der Waals surface area contributed by atoms with Gasteiger partial charge in [0.25, 0.3) is 11.4 Å². The molecule has 0 aromatic heterocycles. The molecular formula is C36H44N2O17. The van der Waals surface area contributed by atoms with Gasteiger partial charge in [-0.2, -0.15) is 0 Å². The molecule has 2 aromatic rings. The lowest BCUT2D eigenvalue weighted by Gasteiger charge is -2.16. The Bertz CT molecular complexity index is 1570. The van der Waals surface area contributed by atoms with Gasteiger partial charge in [-0.05, 0) is 38.8 Å². The molecule has 19 nitrogen and oxygen atoms in total. The van der Waals surface area contributed by atoms with E-state index in [4.69, 9.17) is 42.6 Å². The SMILES string of the molecule is C=CC(=O)OC(C)c1cc(OC)c(OCCCC(=O)OCCOCCOC(=O)CCCOc2cc([N+](=O)[O-])c(C(C)OC(=O)C=C)cc2OC)cc1[N+](=O)[O-]. The number of methoxy groups -OCH3 is 2. The normalized spacial score (nSPS) is 11.6. The number of ether oxygens (including phenoxy) is 9. The number of benzene rings is 2. The molecule has 0 spiro atoms. The summed E-state index contributed by atoms with van der Waals surface area (Å²) in [7, 11) is 2.69. The summed E-state index contributed by atoms with van der Waals surface area (Å²) in [6.07, 6.45) is 0.374. The van der Waals surface area contributed by atoms with Gasteiger partial charge >= 0.3 is 23.9 Å². The molecule has 55 heavy (non-hydrogen) atoms. The topological polar surface area (TPSA) is 238 Å². The van der Waals surface area contributed by atoms with Gasteiger partial charge in [0.1, 0.15) is 25.4 Å². The third-order valence-corrected chi connectivity index (χ3v) is 7.36. The third-order valence-electron chi connectivity index (χ3n) is 7.36. The second kappa shape index (κ2) is 23.4. The first-order chi connectivity index (χ1) is 26.3. The van der Waals surface area contributed by atoms with Crippen LogP contribution in [0, 0.1) is 20.2 Å². The van der Waals surface area contributed by atoms with Gasteiger partial charge in [-0.1, -0.05) is 13.2 Å². The molecule has 0 radical (unpaired) electrons. The van der Waals surface area contributed by atoms with Crippen LogP contribution in [0.4, 0.5) is 11.4 Å². The number of carbonyl (C=O) groups is 4. The largest absolute Gasteiger partial charge is 0.493 e. The maximum Gasteiger partial charge on any atom is 0.330 e. The minimum absolute atomic E-state index is 0.0106. The highest BCUT2D eigenvalue weighted by atomic mass is 16.6. The maximum absolute atomic E-state index is 12.1. The first-order valence-corrected chi connectivity index (χ1v) is 16.8. The molecule has 19 heteroatoms. The van der Waals surface area contributed by atoms with Gasteiger partial charge in [-0.3, -0.25) is 29.8 Å². The Morgan fingerprint density at radius 3 is 1.35 bits per heavy atom. The van der Waals surface area contributed by atoms with Crippen molar-refractivity contribution >= 4 is 35.3 Å². The summed E-state index contributed by atoms with van der Waals surface area (Å²) in [6.45, 7) is 9.55. The molecule has 2 unspecified atom stereocenters. The molecule has 0 aliphatic rings. The van der Waals surface area contributed by atoms with Crippen LogP contribution in [-0.2, 0) is 42.9 Å². The van der Waals surface area contributed by atoms with Crippen molar-refractivity contribution in [2.24, 2.45) is 0 Å². The predicted octanol–water partition coefficient (Wildman–Crippen LogP) is 5.22. The standard InChI is InChI=1S/C36H44N2O17/c1-7-33(39)54-23(3)25-19-29(47-5)31(21-27(25)37(43)44)50-13-9-11-35(41)52-17-15-49-16-18-53-36(42)12-10-14-51-32-22-28(38(45)46)26(20-30(32)48-6)24(4)55-34(40)8-2/h7-8,19-24H,1-2,9-18H2,3-6H3. The number of nitro benzene ring substituents is 2. The second-order valence-electron chi connectivity index (χ2n) is 11.2. The van der Waals surface area contributed by atoms with Crippen molar-refractivity contribution in [2.45, 2.75) is 51.7 Å². The lowest BCUT2D eigenvalue weighted by atomic mass is 10.1. The van der Waals surface area contributed by atoms with Crippen LogP contribution >= 0.6 is 0 Å². The zero-order valence-corrected chi connectivity index (χ0v) is 30.9. The van der Waals surface area contributed by atoms with Crippen molar-refractivity contribution in [3.8, 4) is 23.0 Å². The minimum Gasteiger partial charge on any atom is -0.493 e. The maximum atomic E-state index is 12.1. The summed E-state index contributed by atoms with van der Waals surface area (Å²) >= 11 is 0. The summed E-state index contributed by atoms with van der Waals surface area (Å²) in [5.41, 5.74) is -0.508. The Balaban J connectivity index is 1.66. The van der Waals surface area contributed by atoms with Gasteiger partial charge in [-0.25, -0.2) is 9.59 Å². The molecule has 2 aromatic carbocycles. The fourth-order valence-corrected chi connectivity index (χ4v) is 4.69. The molecule has 0 amide bonds. The van der Waals surface area contributed by atoms with Gasteiger partial charge in [0.2, 0.25) is 0 Å². The van der Waals surface area contributed by atoms with Crippen LogP contribution in [0.15, 0.2) is 49.6 Å². The number of nitro groups is 2. The molecule has 0 heterocycles. The van der Waals surface area contributed by atoms with E-state index in [1.54, 1.807) is 0 Å². The Morgan fingerprint density at radius 2 is 1.02 bits per heavy atom. The fraction of sp³-hybridized carbons (Fsp3) is 0.444. The second-order valence-corrected chi connectivity index (χ2v) is 11.2. The first-order valence-electron chi connectivity index (χ1n) is 16.8. The first kappa shape index (κ1) is 44.9. The number of carbonyl (C=O) groups excluding carboxylic acids is 4. The minimum atomic E-state index is -0.964. The van der Waals surface area contributed by atoms with E-state index in [2.05, 4.69) is 13.2 Å². The zero-order valence-electron chi connectivity index (χ0n) is 30.9. The van der Waals surface area contributed by atoms with Gasteiger partial charge in [-0.15, -0.1) is 0 Å². The number of hydrogen-bond donors (Lipinski definition) is 0. The monoisotopic (exact) mass is 776 g/mol. The van der Waals surface area contributed by atoms with Crippen molar-refractivity contribution in [3.05, 3.63) is 80.9 Å². The Labute approximate surface area is 316 Å². The van der Waals surface area contributed by atoms with E-state index in [1.807, 2.05) is 0 Å². The molecule has 0 saturated carbocycles. The van der Waals surface area contributed by atoms with Crippen LogP contribution in [0.25, 0.3) is 0 Å². The van der Waals surface area contributed by atoms with E-state index >= 15 is 0 Å². The molecule has 2 atom stereocenters. The highest BCUT2D eigenvalue weighted by Gasteiger charge is 2.27. The molecule has 2 rings (SSSR count). The van der Waals surface area contributed by atoms with Crippen LogP contribution in [0.2, 0.25) is 0 Å². The Kier molecular flexibility index (Phi) is 19.1. The van der Waals surface area contributed by atoms with Crippen LogP contribution in [0.1, 0.15) is 62.9 Å². The number of rotatable bonds is 26. The lowest BCUT2D eigenvalue weighted by molar-refractivity contribution is -0.386. The van der Waals surface area contributed by atoms with Crippen LogP contribution in [-0.4, -0.2) is 87.6 Å². The van der Waals surface area contributed by atoms with E-state index in [0.717, 1.165) is 24.3 Å².